The minimum absolute atomic E-state index is 0.484. The molecule has 0 bridgehead atoms. The van der Waals surface area contributed by atoms with Crippen LogP contribution in [-0.4, -0.2) is 28.9 Å². The molecule has 0 unspecified atom stereocenters. The molecular weight excluding hydrogens is 460 g/mol. The number of hydrogen-bond acceptors (Lipinski definition) is 5. The lowest BCUT2D eigenvalue weighted by Crippen LogP contribution is -2.22. The van der Waals surface area contributed by atoms with Crippen LogP contribution in [0.15, 0.2) is 121 Å². The van der Waals surface area contributed by atoms with Crippen molar-refractivity contribution in [2.24, 2.45) is 4.99 Å². The van der Waals surface area contributed by atoms with Crippen molar-refractivity contribution in [3.63, 3.8) is 0 Å². The van der Waals surface area contributed by atoms with Gasteiger partial charge in [-0.3, -0.25) is 9.39 Å². The Bertz CT molecular complexity index is 1590. The highest BCUT2D eigenvalue weighted by molar-refractivity contribution is 6.12. The first-order valence-electron chi connectivity index (χ1n) is 12.2. The molecule has 37 heavy (non-hydrogen) atoms. The predicted molar refractivity (Wildman–Crippen MR) is 147 cm³/mol. The summed E-state index contributed by atoms with van der Waals surface area (Å²) in [6.07, 6.45) is 6.11. The van der Waals surface area contributed by atoms with Crippen LogP contribution in [0.2, 0.25) is 0 Å². The number of ether oxygens (including phenoxy) is 2. The third kappa shape index (κ3) is 4.57. The van der Waals surface area contributed by atoms with Gasteiger partial charge in [-0.2, -0.15) is 0 Å². The van der Waals surface area contributed by atoms with Gasteiger partial charge in [0.15, 0.2) is 0 Å². The second-order valence-corrected chi connectivity index (χ2v) is 8.68. The molecule has 0 fully saturated rings. The summed E-state index contributed by atoms with van der Waals surface area (Å²) in [5.74, 6) is 1.64. The van der Waals surface area contributed by atoms with Crippen molar-refractivity contribution in [3.05, 3.63) is 127 Å². The molecule has 0 amide bonds. The number of para-hydroxylation sites is 2. The zero-order valence-electron chi connectivity index (χ0n) is 20.5. The summed E-state index contributed by atoms with van der Waals surface area (Å²) in [6, 6.07) is 32.2. The van der Waals surface area contributed by atoms with Crippen LogP contribution in [-0.2, 0) is 6.61 Å². The summed E-state index contributed by atoms with van der Waals surface area (Å²) >= 11 is 0. The van der Waals surface area contributed by atoms with Crippen LogP contribution in [0.1, 0.15) is 11.3 Å². The lowest BCUT2D eigenvalue weighted by Gasteiger charge is -2.24. The number of fused-ring (bicyclic) bond motifs is 1. The minimum Gasteiger partial charge on any atom is -0.495 e. The van der Waals surface area contributed by atoms with Crippen molar-refractivity contribution >= 4 is 17.0 Å². The normalized spacial score (nSPS) is 13.0. The lowest BCUT2D eigenvalue weighted by molar-refractivity contribution is 0.306. The zero-order chi connectivity index (χ0) is 25.0. The molecule has 6 nitrogen and oxygen atoms in total. The van der Waals surface area contributed by atoms with Gasteiger partial charge in [-0.1, -0.05) is 48.5 Å². The van der Waals surface area contributed by atoms with Crippen molar-refractivity contribution in [1.29, 1.82) is 0 Å². The van der Waals surface area contributed by atoms with Gasteiger partial charge < -0.3 is 14.4 Å². The maximum absolute atomic E-state index is 5.98. The largest absolute Gasteiger partial charge is 0.495 e. The Labute approximate surface area is 215 Å². The number of aliphatic imine (C=N–C) groups is 1. The third-order valence-electron chi connectivity index (χ3n) is 6.35. The van der Waals surface area contributed by atoms with Crippen LogP contribution in [0.3, 0.4) is 0 Å². The lowest BCUT2D eigenvalue weighted by atomic mass is 10.1. The molecule has 0 saturated carbocycles. The number of pyridine rings is 1. The Hall–Kier alpha value is -4.84. The van der Waals surface area contributed by atoms with E-state index in [9.17, 15) is 0 Å². The standard InChI is InChI=1S/C31H26N4O2/c1-36-28-12-6-5-11-27(28)34-20-18-26(32-22-34)31-30(33-29-13-7-8-19-35(29)31)24-14-16-25(17-15-24)37-21-23-9-3-2-4-10-23/h2-20H,21-22H2,1H3. The van der Waals surface area contributed by atoms with Gasteiger partial charge in [0.05, 0.1) is 29.9 Å². The Morgan fingerprint density at radius 3 is 2.41 bits per heavy atom. The fraction of sp³-hybridized carbons (Fsp3) is 0.0968. The SMILES string of the molecule is COc1ccccc1N1C=CC(c2c(-c3ccc(OCc4ccccc4)cc3)nc3ccccn23)=NC1. The smallest absolute Gasteiger partial charge is 0.142 e. The number of nitrogens with zero attached hydrogens (tertiary/aromatic N) is 4. The average Bonchev–Trinajstić information content (AvgIpc) is 3.36. The first-order chi connectivity index (χ1) is 18.3. The second-order valence-electron chi connectivity index (χ2n) is 8.68. The van der Waals surface area contributed by atoms with Crippen molar-refractivity contribution in [3.8, 4) is 22.8 Å². The molecule has 0 atom stereocenters. The van der Waals surface area contributed by atoms with Gasteiger partial charge in [0.25, 0.3) is 0 Å². The number of benzene rings is 3. The van der Waals surface area contributed by atoms with Crippen molar-refractivity contribution < 1.29 is 9.47 Å². The number of rotatable bonds is 7. The molecular formula is C31H26N4O2. The number of imidazole rings is 1. The van der Waals surface area contributed by atoms with E-state index in [1.54, 1.807) is 7.11 Å². The van der Waals surface area contributed by atoms with Gasteiger partial charge in [-0.25, -0.2) is 4.98 Å². The van der Waals surface area contributed by atoms with Gasteiger partial charge in [-0.15, -0.1) is 0 Å². The van der Waals surface area contributed by atoms with Crippen molar-refractivity contribution in [2.75, 3.05) is 18.7 Å². The van der Waals surface area contributed by atoms with Crippen LogP contribution in [0.25, 0.3) is 16.9 Å². The molecule has 0 spiro atoms. The summed E-state index contributed by atoms with van der Waals surface area (Å²) in [6.45, 7) is 1.02. The monoisotopic (exact) mass is 486 g/mol. The van der Waals surface area contributed by atoms with Crippen LogP contribution in [0.4, 0.5) is 5.69 Å². The summed E-state index contributed by atoms with van der Waals surface area (Å²) in [7, 11) is 1.68. The van der Waals surface area contributed by atoms with Gasteiger partial charge in [0, 0.05) is 18.0 Å². The fourth-order valence-corrected chi connectivity index (χ4v) is 4.48. The maximum Gasteiger partial charge on any atom is 0.142 e. The fourth-order valence-electron chi connectivity index (χ4n) is 4.48. The van der Waals surface area contributed by atoms with Crippen LogP contribution in [0, 0.1) is 0 Å². The Morgan fingerprint density at radius 2 is 1.62 bits per heavy atom. The topological polar surface area (TPSA) is 51.4 Å². The molecule has 6 rings (SSSR count). The summed E-state index contributed by atoms with van der Waals surface area (Å²) in [5, 5.41) is 0. The molecule has 2 aromatic heterocycles. The van der Waals surface area contributed by atoms with Crippen molar-refractivity contribution in [1.82, 2.24) is 9.38 Å². The van der Waals surface area contributed by atoms with E-state index in [0.29, 0.717) is 13.3 Å². The maximum atomic E-state index is 5.98. The van der Waals surface area contributed by atoms with E-state index in [1.165, 1.54) is 0 Å². The molecule has 1 aliphatic heterocycles. The summed E-state index contributed by atoms with van der Waals surface area (Å²) in [4.78, 5) is 12.0. The zero-order valence-corrected chi connectivity index (χ0v) is 20.5. The Kier molecular flexibility index (Phi) is 6.13. The van der Waals surface area contributed by atoms with Gasteiger partial charge in [-0.05, 0) is 60.2 Å². The third-order valence-corrected chi connectivity index (χ3v) is 6.35. The molecule has 1 aliphatic rings. The molecule has 6 heteroatoms. The number of allylic oxidation sites excluding steroid dienone is 1. The summed E-state index contributed by atoms with van der Waals surface area (Å²) < 4.78 is 13.6. The van der Waals surface area contributed by atoms with Crippen LogP contribution in [0.5, 0.6) is 11.5 Å². The van der Waals surface area contributed by atoms with E-state index < -0.39 is 0 Å². The highest BCUT2D eigenvalue weighted by Crippen LogP contribution is 2.31. The van der Waals surface area contributed by atoms with E-state index in [1.807, 2.05) is 91.3 Å². The number of methoxy groups -OCH3 is 1. The van der Waals surface area contributed by atoms with Gasteiger partial charge in [0.1, 0.15) is 30.4 Å². The predicted octanol–water partition coefficient (Wildman–Crippen LogP) is 6.37. The first kappa shape index (κ1) is 22.6. The molecule has 182 valence electrons. The van der Waals surface area contributed by atoms with Gasteiger partial charge in [0.2, 0.25) is 0 Å². The summed E-state index contributed by atoms with van der Waals surface area (Å²) in [5.41, 5.74) is 6.73. The van der Waals surface area contributed by atoms with E-state index in [2.05, 4.69) is 33.6 Å². The van der Waals surface area contributed by atoms with E-state index in [0.717, 1.165) is 51.1 Å². The quantitative estimate of drug-likeness (QED) is 0.268. The number of hydrogen-bond donors (Lipinski definition) is 0. The molecule has 0 aliphatic carbocycles. The first-order valence-corrected chi connectivity index (χ1v) is 12.2. The second kappa shape index (κ2) is 10.0. The number of anilines is 1. The van der Waals surface area contributed by atoms with E-state index in [4.69, 9.17) is 19.5 Å². The molecule has 0 radical (unpaired) electrons. The van der Waals surface area contributed by atoms with E-state index in [-0.39, 0.29) is 0 Å². The van der Waals surface area contributed by atoms with Crippen LogP contribution >= 0.6 is 0 Å². The highest BCUT2D eigenvalue weighted by Gasteiger charge is 2.20. The Morgan fingerprint density at radius 1 is 0.838 bits per heavy atom. The Balaban J connectivity index is 1.30. The minimum atomic E-state index is 0.484. The highest BCUT2D eigenvalue weighted by atomic mass is 16.5. The van der Waals surface area contributed by atoms with Crippen molar-refractivity contribution in [2.45, 2.75) is 6.61 Å². The molecule has 3 heterocycles. The molecule has 3 aromatic carbocycles. The molecule has 0 saturated heterocycles. The number of aromatic nitrogens is 2. The molecule has 5 aromatic rings. The average molecular weight is 487 g/mol. The molecule has 0 N–H and O–H groups in total. The van der Waals surface area contributed by atoms with Crippen LogP contribution < -0.4 is 14.4 Å². The van der Waals surface area contributed by atoms with E-state index >= 15 is 0 Å². The van der Waals surface area contributed by atoms with Gasteiger partial charge >= 0.3 is 0 Å².